The lowest BCUT2D eigenvalue weighted by atomic mass is 10.2. The molecular formula is C18H21BrClN5O. The monoisotopic (exact) mass is 437 g/mol. The van der Waals surface area contributed by atoms with Crippen molar-refractivity contribution < 1.29 is 0 Å². The summed E-state index contributed by atoms with van der Waals surface area (Å²) in [6, 6.07) is 2.10. The molecule has 0 amide bonds. The van der Waals surface area contributed by atoms with E-state index in [0.717, 1.165) is 42.9 Å². The van der Waals surface area contributed by atoms with E-state index in [2.05, 4.69) is 41.9 Å². The molecule has 138 valence electrons. The predicted molar refractivity (Wildman–Crippen MR) is 106 cm³/mol. The molecule has 4 rings (SSSR count). The van der Waals surface area contributed by atoms with Gasteiger partial charge in [-0.15, -0.1) is 0 Å². The van der Waals surface area contributed by atoms with Crippen LogP contribution in [0.1, 0.15) is 18.4 Å². The smallest absolute Gasteiger partial charge is 0.287 e. The highest BCUT2D eigenvalue weighted by Crippen LogP contribution is 2.30. The van der Waals surface area contributed by atoms with Gasteiger partial charge in [0.2, 0.25) is 0 Å². The molecule has 1 aliphatic heterocycles. The van der Waals surface area contributed by atoms with Gasteiger partial charge in [0.1, 0.15) is 5.02 Å². The van der Waals surface area contributed by atoms with E-state index in [-0.39, 0.29) is 5.56 Å². The van der Waals surface area contributed by atoms with E-state index in [1.54, 1.807) is 12.4 Å². The minimum absolute atomic E-state index is 0.168. The van der Waals surface area contributed by atoms with E-state index in [0.29, 0.717) is 17.5 Å². The molecule has 0 unspecified atom stereocenters. The number of hydrogen-bond acceptors (Lipinski definition) is 5. The van der Waals surface area contributed by atoms with Gasteiger partial charge in [0.25, 0.3) is 5.56 Å². The van der Waals surface area contributed by atoms with Gasteiger partial charge in [0.05, 0.1) is 11.9 Å². The maximum absolute atomic E-state index is 12.5. The third kappa shape index (κ3) is 4.10. The Kier molecular flexibility index (Phi) is 5.29. The van der Waals surface area contributed by atoms with Gasteiger partial charge in [-0.3, -0.25) is 14.7 Å². The highest BCUT2D eigenvalue weighted by Gasteiger charge is 2.25. The first-order chi connectivity index (χ1) is 12.6. The zero-order valence-corrected chi connectivity index (χ0v) is 16.8. The molecule has 6 nitrogen and oxygen atoms in total. The second kappa shape index (κ2) is 7.66. The van der Waals surface area contributed by atoms with Crippen LogP contribution in [-0.2, 0) is 13.1 Å². The Labute approximate surface area is 165 Å². The molecule has 2 fully saturated rings. The third-order valence-corrected chi connectivity index (χ3v) is 5.76. The Morgan fingerprint density at radius 2 is 1.92 bits per heavy atom. The standard InChI is InChI=1S/C18H21BrClN5O/c19-15-7-14(8-21-9-15)11-23-3-5-24(6-4-23)16-10-22-25(12-13-1-2-13)18(26)17(16)20/h7-10,13H,1-6,11-12H2. The Bertz CT molecular complexity index is 846. The SMILES string of the molecule is O=c1c(Cl)c(N2CCN(Cc3cncc(Br)c3)CC2)cnn1CC1CC1. The second-order valence-corrected chi connectivity index (χ2v) is 8.34. The van der Waals surface area contributed by atoms with Crippen molar-refractivity contribution in [3.05, 3.63) is 50.1 Å². The van der Waals surface area contributed by atoms with E-state index < -0.39 is 0 Å². The normalized spacial score (nSPS) is 18.3. The van der Waals surface area contributed by atoms with Gasteiger partial charge in [-0.05, 0) is 46.3 Å². The molecule has 8 heteroatoms. The second-order valence-electron chi connectivity index (χ2n) is 7.05. The molecule has 26 heavy (non-hydrogen) atoms. The quantitative estimate of drug-likeness (QED) is 0.718. The van der Waals surface area contributed by atoms with Gasteiger partial charge >= 0.3 is 0 Å². The topological polar surface area (TPSA) is 54.3 Å². The first-order valence-electron chi connectivity index (χ1n) is 8.92. The van der Waals surface area contributed by atoms with Crippen molar-refractivity contribution in [3.8, 4) is 0 Å². The van der Waals surface area contributed by atoms with Crippen LogP contribution in [0, 0.1) is 5.92 Å². The van der Waals surface area contributed by atoms with E-state index in [4.69, 9.17) is 11.6 Å². The maximum Gasteiger partial charge on any atom is 0.287 e. The molecule has 2 aromatic heterocycles. The summed E-state index contributed by atoms with van der Waals surface area (Å²) in [6.07, 6.45) is 7.81. The first-order valence-corrected chi connectivity index (χ1v) is 10.1. The van der Waals surface area contributed by atoms with E-state index in [9.17, 15) is 4.79 Å². The van der Waals surface area contributed by atoms with Crippen LogP contribution in [0.2, 0.25) is 5.02 Å². The number of anilines is 1. The van der Waals surface area contributed by atoms with Crippen molar-refractivity contribution in [2.24, 2.45) is 5.92 Å². The van der Waals surface area contributed by atoms with Crippen molar-refractivity contribution in [3.63, 3.8) is 0 Å². The number of hydrogen-bond donors (Lipinski definition) is 0. The summed E-state index contributed by atoms with van der Waals surface area (Å²) in [4.78, 5) is 21.2. The highest BCUT2D eigenvalue weighted by atomic mass is 79.9. The molecule has 1 saturated heterocycles. The average molecular weight is 439 g/mol. The van der Waals surface area contributed by atoms with Crippen LogP contribution in [0.25, 0.3) is 0 Å². The fourth-order valence-electron chi connectivity index (χ4n) is 3.30. The van der Waals surface area contributed by atoms with Crippen LogP contribution in [-0.4, -0.2) is 45.8 Å². The molecule has 3 heterocycles. The Morgan fingerprint density at radius 1 is 1.15 bits per heavy atom. The van der Waals surface area contributed by atoms with Crippen LogP contribution in [0.3, 0.4) is 0 Å². The average Bonchev–Trinajstić information content (AvgIpc) is 3.44. The fraction of sp³-hybridized carbons (Fsp3) is 0.500. The molecule has 0 atom stereocenters. The summed E-state index contributed by atoms with van der Waals surface area (Å²) >= 11 is 9.84. The van der Waals surface area contributed by atoms with Crippen LogP contribution < -0.4 is 10.5 Å². The van der Waals surface area contributed by atoms with Crippen molar-refractivity contribution in [2.75, 3.05) is 31.1 Å². The van der Waals surface area contributed by atoms with Gasteiger partial charge in [0, 0.05) is 56.1 Å². The number of rotatable bonds is 5. The zero-order valence-electron chi connectivity index (χ0n) is 14.4. The number of nitrogens with zero attached hydrogens (tertiary/aromatic N) is 5. The van der Waals surface area contributed by atoms with E-state index in [1.165, 1.54) is 23.1 Å². The zero-order chi connectivity index (χ0) is 18.1. The molecule has 0 bridgehead atoms. The summed E-state index contributed by atoms with van der Waals surface area (Å²) in [5, 5.41) is 4.64. The highest BCUT2D eigenvalue weighted by molar-refractivity contribution is 9.10. The Morgan fingerprint density at radius 3 is 2.62 bits per heavy atom. The molecule has 1 saturated carbocycles. The molecule has 0 radical (unpaired) electrons. The van der Waals surface area contributed by atoms with Crippen LogP contribution in [0.4, 0.5) is 5.69 Å². The van der Waals surface area contributed by atoms with Gasteiger partial charge in [-0.2, -0.15) is 5.10 Å². The largest absolute Gasteiger partial charge is 0.366 e. The maximum atomic E-state index is 12.5. The van der Waals surface area contributed by atoms with Crippen molar-refractivity contribution in [2.45, 2.75) is 25.9 Å². The molecule has 0 N–H and O–H groups in total. The first kappa shape index (κ1) is 17.9. The van der Waals surface area contributed by atoms with E-state index >= 15 is 0 Å². The number of piperazine rings is 1. The molecule has 0 aromatic carbocycles. The van der Waals surface area contributed by atoms with Crippen molar-refractivity contribution >= 4 is 33.2 Å². The number of pyridine rings is 1. The predicted octanol–water partition coefficient (Wildman–Crippen LogP) is 2.79. The summed E-state index contributed by atoms with van der Waals surface area (Å²) in [5.74, 6) is 0.596. The molecular weight excluding hydrogens is 418 g/mol. The van der Waals surface area contributed by atoms with Crippen molar-refractivity contribution in [1.82, 2.24) is 19.7 Å². The van der Waals surface area contributed by atoms with Gasteiger partial charge < -0.3 is 4.90 Å². The van der Waals surface area contributed by atoms with Gasteiger partial charge in [-0.1, -0.05) is 11.6 Å². The van der Waals surface area contributed by atoms with Crippen LogP contribution in [0.15, 0.2) is 33.9 Å². The number of aromatic nitrogens is 3. The minimum Gasteiger partial charge on any atom is -0.366 e. The van der Waals surface area contributed by atoms with Gasteiger partial charge in [-0.25, -0.2) is 4.68 Å². The summed E-state index contributed by atoms with van der Waals surface area (Å²) < 4.78 is 2.51. The fourth-order valence-corrected chi connectivity index (χ4v) is 3.98. The van der Waals surface area contributed by atoms with Gasteiger partial charge in [0.15, 0.2) is 0 Å². The summed E-state index contributed by atoms with van der Waals surface area (Å²) in [6.45, 7) is 5.04. The summed E-state index contributed by atoms with van der Waals surface area (Å²) in [7, 11) is 0. The Balaban J connectivity index is 1.40. The molecule has 1 aliphatic carbocycles. The van der Waals surface area contributed by atoms with Crippen molar-refractivity contribution in [1.29, 1.82) is 0 Å². The number of halogens is 2. The Hall–Kier alpha value is -1.44. The molecule has 0 spiro atoms. The molecule has 2 aliphatic rings. The summed E-state index contributed by atoms with van der Waals surface area (Å²) in [5.41, 5.74) is 1.78. The molecule has 2 aromatic rings. The van der Waals surface area contributed by atoms with Crippen LogP contribution >= 0.6 is 27.5 Å². The minimum atomic E-state index is -0.168. The third-order valence-electron chi connectivity index (χ3n) is 4.98. The lowest BCUT2D eigenvalue weighted by molar-refractivity contribution is 0.249. The van der Waals surface area contributed by atoms with Crippen LogP contribution in [0.5, 0.6) is 0 Å². The van der Waals surface area contributed by atoms with E-state index in [1.807, 2.05) is 6.20 Å². The lowest BCUT2D eigenvalue weighted by Crippen LogP contribution is -2.46. The lowest BCUT2D eigenvalue weighted by Gasteiger charge is -2.36.